The van der Waals surface area contributed by atoms with Crippen LogP contribution in [0.5, 0.6) is 0 Å². The standard InChI is InChI=1S/C19H27FN6O/c1-24(19(27)9-13-26-15-21-22-23-26)14-17-7-11-25(12-8-17)10-6-16-2-4-18(20)5-3-16/h2-5,15,17H,6-14H2,1H3. The molecule has 0 aliphatic carbocycles. The van der Waals surface area contributed by atoms with Gasteiger partial charge in [-0.3, -0.25) is 4.79 Å². The number of tetrazole rings is 1. The van der Waals surface area contributed by atoms with Crippen LogP contribution in [0.25, 0.3) is 0 Å². The lowest BCUT2D eigenvalue weighted by Crippen LogP contribution is -2.40. The first-order chi connectivity index (χ1) is 13.1. The number of halogens is 1. The molecule has 27 heavy (non-hydrogen) atoms. The highest BCUT2D eigenvalue weighted by Gasteiger charge is 2.21. The van der Waals surface area contributed by atoms with Crippen LogP contribution in [0.3, 0.4) is 0 Å². The smallest absolute Gasteiger partial charge is 0.224 e. The average molecular weight is 374 g/mol. The van der Waals surface area contributed by atoms with Crippen LogP contribution in [0.2, 0.25) is 0 Å². The number of piperidine rings is 1. The van der Waals surface area contributed by atoms with Gasteiger partial charge in [0.1, 0.15) is 12.1 Å². The van der Waals surface area contributed by atoms with Crippen LogP contribution in [0.4, 0.5) is 4.39 Å². The molecule has 0 bridgehead atoms. The quantitative estimate of drug-likeness (QED) is 0.702. The van der Waals surface area contributed by atoms with Crippen molar-refractivity contribution in [2.24, 2.45) is 5.92 Å². The predicted octanol–water partition coefficient (Wildman–Crippen LogP) is 1.62. The maximum absolute atomic E-state index is 13.0. The monoisotopic (exact) mass is 374 g/mol. The minimum absolute atomic E-state index is 0.129. The van der Waals surface area contributed by atoms with E-state index in [1.54, 1.807) is 4.68 Å². The van der Waals surface area contributed by atoms with E-state index in [2.05, 4.69) is 20.4 Å². The number of hydrogen-bond donors (Lipinski definition) is 0. The van der Waals surface area contributed by atoms with Gasteiger partial charge in [0, 0.05) is 26.6 Å². The molecule has 1 aromatic carbocycles. The van der Waals surface area contributed by atoms with Gasteiger partial charge in [-0.1, -0.05) is 12.1 Å². The number of aryl methyl sites for hydroxylation is 1. The molecule has 2 heterocycles. The molecule has 1 saturated heterocycles. The van der Waals surface area contributed by atoms with E-state index in [4.69, 9.17) is 0 Å². The Labute approximate surface area is 159 Å². The van der Waals surface area contributed by atoms with Crippen molar-refractivity contribution in [2.45, 2.75) is 32.2 Å². The van der Waals surface area contributed by atoms with Gasteiger partial charge in [0.25, 0.3) is 0 Å². The molecule has 2 aromatic rings. The van der Waals surface area contributed by atoms with Crippen molar-refractivity contribution in [3.8, 4) is 0 Å². The van der Waals surface area contributed by atoms with Crippen molar-refractivity contribution in [1.82, 2.24) is 30.0 Å². The zero-order valence-electron chi connectivity index (χ0n) is 15.8. The molecular weight excluding hydrogens is 347 g/mol. The van der Waals surface area contributed by atoms with E-state index in [-0.39, 0.29) is 11.7 Å². The van der Waals surface area contributed by atoms with Crippen molar-refractivity contribution >= 4 is 5.91 Å². The predicted molar refractivity (Wildman–Crippen MR) is 99.3 cm³/mol. The second kappa shape index (κ2) is 9.55. The first kappa shape index (κ1) is 19.4. The van der Waals surface area contributed by atoms with Crippen LogP contribution >= 0.6 is 0 Å². The molecule has 3 rings (SSSR count). The first-order valence-electron chi connectivity index (χ1n) is 9.51. The van der Waals surface area contributed by atoms with E-state index in [0.29, 0.717) is 18.9 Å². The third-order valence-electron chi connectivity index (χ3n) is 5.24. The van der Waals surface area contributed by atoms with Crippen LogP contribution in [-0.2, 0) is 17.8 Å². The van der Waals surface area contributed by atoms with Crippen LogP contribution in [0.1, 0.15) is 24.8 Å². The maximum Gasteiger partial charge on any atom is 0.224 e. The molecule has 0 radical (unpaired) electrons. The van der Waals surface area contributed by atoms with E-state index in [1.165, 1.54) is 24.0 Å². The molecule has 0 N–H and O–H groups in total. The van der Waals surface area contributed by atoms with Gasteiger partial charge in [-0.2, -0.15) is 0 Å². The minimum atomic E-state index is -0.184. The minimum Gasteiger partial charge on any atom is -0.345 e. The molecular formula is C19H27FN6O. The highest BCUT2D eigenvalue weighted by molar-refractivity contribution is 5.75. The Morgan fingerprint density at radius 3 is 2.63 bits per heavy atom. The largest absolute Gasteiger partial charge is 0.345 e. The lowest BCUT2D eigenvalue weighted by molar-refractivity contribution is -0.131. The van der Waals surface area contributed by atoms with E-state index < -0.39 is 0 Å². The summed E-state index contributed by atoms with van der Waals surface area (Å²) in [5.41, 5.74) is 1.17. The second-order valence-electron chi connectivity index (χ2n) is 7.26. The Morgan fingerprint density at radius 1 is 1.22 bits per heavy atom. The molecule has 1 aliphatic heterocycles. The van der Waals surface area contributed by atoms with E-state index >= 15 is 0 Å². The van der Waals surface area contributed by atoms with Crippen LogP contribution in [-0.4, -0.2) is 69.1 Å². The number of likely N-dealkylation sites (tertiary alicyclic amines) is 1. The van der Waals surface area contributed by atoms with Gasteiger partial charge < -0.3 is 9.80 Å². The molecule has 1 aliphatic rings. The average Bonchev–Trinajstić information content (AvgIpc) is 3.20. The summed E-state index contributed by atoms with van der Waals surface area (Å²) < 4.78 is 14.5. The Bertz CT molecular complexity index is 697. The number of carbonyl (C=O) groups excluding carboxylic acids is 1. The fourth-order valence-corrected chi connectivity index (χ4v) is 3.50. The van der Waals surface area contributed by atoms with E-state index in [9.17, 15) is 9.18 Å². The number of benzene rings is 1. The van der Waals surface area contributed by atoms with Gasteiger partial charge >= 0.3 is 0 Å². The van der Waals surface area contributed by atoms with Gasteiger partial charge in [-0.05, 0) is 66.4 Å². The van der Waals surface area contributed by atoms with Crippen LogP contribution in [0, 0.1) is 11.7 Å². The first-order valence-corrected chi connectivity index (χ1v) is 9.51. The fraction of sp³-hybridized carbons (Fsp3) is 0.579. The number of hydrogen-bond acceptors (Lipinski definition) is 5. The Kier molecular flexibility index (Phi) is 6.86. The lowest BCUT2D eigenvalue weighted by Gasteiger charge is -2.34. The summed E-state index contributed by atoms with van der Waals surface area (Å²) in [5.74, 6) is 0.495. The fourth-order valence-electron chi connectivity index (χ4n) is 3.50. The zero-order chi connectivity index (χ0) is 19.1. The van der Waals surface area contributed by atoms with Gasteiger partial charge in [-0.15, -0.1) is 5.10 Å². The van der Waals surface area contributed by atoms with Crippen LogP contribution in [0.15, 0.2) is 30.6 Å². The summed E-state index contributed by atoms with van der Waals surface area (Å²) in [5, 5.41) is 10.9. The molecule has 1 fully saturated rings. The highest BCUT2D eigenvalue weighted by Crippen LogP contribution is 2.19. The summed E-state index contributed by atoms with van der Waals surface area (Å²) in [7, 11) is 1.88. The molecule has 0 atom stereocenters. The molecule has 1 aromatic heterocycles. The summed E-state index contributed by atoms with van der Waals surface area (Å²) in [4.78, 5) is 16.6. The SMILES string of the molecule is CN(CC1CCN(CCc2ccc(F)cc2)CC1)C(=O)CCn1cnnn1. The molecule has 146 valence electrons. The van der Waals surface area contributed by atoms with Crippen LogP contribution < -0.4 is 0 Å². The van der Waals surface area contributed by atoms with E-state index in [0.717, 1.165) is 45.4 Å². The lowest BCUT2D eigenvalue weighted by atomic mass is 9.96. The molecule has 8 heteroatoms. The highest BCUT2D eigenvalue weighted by atomic mass is 19.1. The van der Waals surface area contributed by atoms with Gasteiger partial charge in [0.2, 0.25) is 5.91 Å². The van der Waals surface area contributed by atoms with Crippen molar-refractivity contribution in [3.05, 3.63) is 42.0 Å². The molecule has 0 saturated carbocycles. The second-order valence-corrected chi connectivity index (χ2v) is 7.26. The summed E-state index contributed by atoms with van der Waals surface area (Å²) in [6, 6.07) is 6.76. The van der Waals surface area contributed by atoms with Crippen molar-refractivity contribution in [2.75, 3.05) is 33.2 Å². The molecule has 0 spiro atoms. The van der Waals surface area contributed by atoms with Gasteiger partial charge in [0.15, 0.2) is 0 Å². The van der Waals surface area contributed by atoms with Gasteiger partial charge in [0.05, 0.1) is 6.54 Å². The summed E-state index contributed by atoms with van der Waals surface area (Å²) in [6.07, 6.45) is 5.09. The Balaban J connectivity index is 1.33. The number of nitrogens with zero attached hydrogens (tertiary/aromatic N) is 6. The molecule has 7 nitrogen and oxygen atoms in total. The topological polar surface area (TPSA) is 67.2 Å². The summed E-state index contributed by atoms with van der Waals surface area (Å²) in [6.45, 7) is 4.42. The molecule has 1 amide bonds. The van der Waals surface area contributed by atoms with Crippen molar-refractivity contribution < 1.29 is 9.18 Å². The number of aromatic nitrogens is 4. The normalized spacial score (nSPS) is 15.8. The zero-order valence-corrected chi connectivity index (χ0v) is 15.8. The van der Waals surface area contributed by atoms with Gasteiger partial charge in [-0.25, -0.2) is 9.07 Å². The Morgan fingerprint density at radius 2 is 1.96 bits per heavy atom. The third kappa shape index (κ3) is 6.09. The Hall–Kier alpha value is -2.35. The van der Waals surface area contributed by atoms with Crippen molar-refractivity contribution in [1.29, 1.82) is 0 Å². The number of amides is 1. The summed E-state index contributed by atoms with van der Waals surface area (Å²) >= 11 is 0. The van der Waals surface area contributed by atoms with Crippen molar-refractivity contribution in [3.63, 3.8) is 0 Å². The van der Waals surface area contributed by atoms with E-state index in [1.807, 2.05) is 24.1 Å². The molecule has 0 unspecified atom stereocenters. The maximum atomic E-state index is 13.0. The third-order valence-corrected chi connectivity index (χ3v) is 5.24. The number of carbonyl (C=O) groups is 1. The number of rotatable bonds is 8.